The first kappa shape index (κ1) is 9.05. The molecule has 5 nitrogen and oxygen atoms in total. The summed E-state index contributed by atoms with van der Waals surface area (Å²) >= 11 is 0. The third-order valence-electron chi connectivity index (χ3n) is 2.72. The number of carbonyl (C=O) groups is 1. The zero-order valence-electron chi connectivity index (χ0n) is 8.47. The Morgan fingerprint density at radius 3 is 2.64 bits per heavy atom. The molecule has 2 atom stereocenters. The van der Waals surface area contributed by atoms with Crippen LogP contribution in [0.2, 0.25) is 0 Å². The van der Waals surface area contributed by atoms with Crippen molar-refractivity contribution in [2.24, 2.45) is 7.05 Å². The van der Waals surface area contributed by atoms with Crippen molar-refractivity contribution in [2.75, 3.05) is 7.05 Å². The van der Waals surface area contributed by atoms with Crippen molar-refractivity contribution in [3.05, 3.63) is 18.0 Å². The standard InChI is InChI=1S/C9H13N3O2/c1-6-8(14-9(13)11(6)2)7-4-5-10-12(7)3/h4-6,8H,1-3H3/t6-,8-/m0/s1. The maximum absolute atomic E-state index is 11.3. The topological polar surface area (TPSA) is 47.4 Å². The summed E-state index contributed by atoms with van der Waals surface area (Å²) in [5.74, 6) is 0. The van der Waals surface area contributed by atoms with Crippen LogP contribution < -0.4 is 0 Å². The molecule has 14 heavy (non-hydrogen) atoms. The summed E-state index contributed by atoms with van der Waals surface area (Å²) in [5.41, 5.74) is 0.926. The molecule has 2 rings (SSSR count). The molecule has 0 aromatic carbocycles. The van der Waals surface area contributed by atoms with Crippen LogP contribution in [-0.2, 0) is 11.8 Å². The Morgan fingerprint density at radius 2 is 2.21 bits per heavy atom. The number of hydrogen-bond donors (Lipinski definition) is 0. The highest BCUT2D eigenvalue weighted by molar-refractivity contribution is 5.70. The second-order valence-electron chi connectivity index (χ2n) is 3.54. The fourth-order valence-corrected chi connectivity index (χ4v) is 1.63. The van der Waals surface area contributed by atoms with E-state index in [1.165, 1.54) is 0 Å². The van der Waals surface area contributed by atoms with Crippen LogP contribution in [0, 0.1) is 0 Å². The molecule has 1 aromatic rings. The molecule has 0 N–H and O–H groups in total. The van der Waals surface area contributed by atoms with Gasteiger partial charge in [-0.1, -0.05) is 0 Å². The van der Waals surface area contributed by atoms with Gasteiger partial charge in [0.15, 0.2) is 6.10 Å². The minimum atomic E-state index is -0.274. The van der Waals surface area contributed by atoms with Gasteiger partial charge >= 0.3 is 6.09 Å². The number of cyclic esters (lactones) is 1. The van der Waals surface area contributed by atoms with E-state index in [-0.39, 0.29) is 18.2 Å². The second kappa shape index (κ2) is 3.01. The fraction of sp³-hybridized carbons (Fsp3) is 0.556. The molecule has 1 aliphatic heterocycles. The molecule has 0 radical (unpaired) electrons. The predicted octanol–water partition coefficient (Wildman–Crippen LogP) is 0.932. The molecule has 1 saturated heterocycles. The first-order valence-electron chi connectivity index (χ1n) is 4.52. The number of aromatic nitrogens is 2. The van der Waals surface area contributed by atoms with Gasteiger partial charge in [0.25, 0.3) is 0 Å². The molecule has 76 valence electrons. The van der Waals surface area contributed by atoms with Crippen LogP contribution in [0.3, 0.4) is 0 Å². The fourth-order valence-electron chi connectivity index (χ4n) is 1.63. The number of likely N-dealkylation sites (N-methyl/N-ethyl adjacent to an activating group) is 1. The Bertz CT molecular complexity index is 361. The molecule has 1 fully saturated rings. The lowest BCUT2D eigenvalue weighted by Gasteiger charge is -2.16. The van der Waals surface area contributed by atoms with Crippen molar-refractivity contribution in [3.8, 4) is 0 Å². The van der Waals surface area contributed by atoms with Gasteiger partial charge in [-0.25, -0.2) is 4.79 Å². The largest absolute Gasteiger partial charge is 0.437 e. The highest BCUT2D eigenvalue weighted by atomic mass is 16.6. The third-order valence-corrected chi connectivity index (χ3v) is 2.72. The van der Waals surface area contributed by atoms with Crippen molar-refractivity contribution >= 4 is 6.09 Å². The number of hydrogen-bond acceptors (Lipinski definition) is 3. The van der Waals surface area contributed by atoms with E-state index in [0.717, 1.165) is 5.69 Å². The van der Waals surface area contributed by atoms with Crippen LogP contribution in [0.4, 0.5) is 4.79 Å². The van der Waals surface area contributed by atoms with E-state index >= 15 is 0 Å². The van der Waals surface area contributed by atoms with Crippen molar-refractivity contribution < 1.29 is 9.53 Å². The smallest absolute Gasteiger partial charge is 0.410 e. The Labute approximate surface area is 82.3 Å². The molecule has 5 heteroatoms. The Morgan fingerprint density at radius 1 is 1.50 bits per heavy atom. The summed E-state index contributed by atoms with van der Waals surface area (Å²) in [7, 11) is 3.58. The van der Waals surface area contributed by atoms with E-state index in [0.29, 0.717) is 0 Å². The molecular weight excluding hydrogens is 182 g/mol. The van der Waals surface area contributed by atoms with E-state index in [1.54, 1.807) is 22.8 Å². The van der Waals surface area contributed by atoms with Crippen LogP contribution in [0.15, 0.2) is 12.3 Å². The molecular formula is C9H13N3O2. The van der Waals surface area contributed by atoms with E-state index in [2.05, 4.69) is 5.10 Å². The summed E-state index contributed by atoms with van der Waals surface area (Å²) in [4.78, 5) is 12.9. The monoisotopic (exact) mass is 195 g/mol. The lowest BCUT2D eigenvalue weighted by molar-refractivity contribution is 0.127. The van der Waals surface area contributed by atoms with Crippen LogP contribution in [0.25, 0.3) is 0 Å². The highest BCUT2D eigenvalue weighted by Crippen LogP contribution is 2.30. The summed E-state index contributed by atoms with van der Waals surface area (Å²) in [6, 6.07) is 1.92. The zero-order chi connectivity index (χ0) is 10.3. The molecule has 0 aliphatic carbocycles. The zero-order valence-corrected chi connectivity index (χ0v) is 8.47. The van der Waals surface area contributed by atoms with Crippen LogP contribution in [-0.4, -0.2) is 33.9 Å². The van der Waals surface area contributed by atoms with Crippen LogP contribution in [0.5, 0.6) is 0 Å². The predicted molar refractivity (Wildman–Crippen MR) is 49.7 cm³/mol. The van der Waals surface area contributed by atoms with Gasteiger partial charge in [-0.05, 0) is 13.0 Å². The molecule has 0 saturated carbocycles. The quantitative estimate of drug-likeness (QED) is 0.669. The Kier molecular flexibility index (Phi) is 1.94. The molecule has 1 aromatic heterocycles. The molecule has 0 bridgehead atoms. The first-order chi connectivity index (χ1) is 6.61. The number of aryl methyl sites for hydroxylation is 1. The lowest BCUT2D eigenvalue weighted by atomic mass is 10.1. The Balaban J connectivity index is 2.30. The normalized spacial score (nSPS) is 26.8. The molecule has 2 heterocycles. The van der Waals surface area contributed by atoms with Gasteiger partial charge in [-0.15, -0.1) is 0 Å². The SMILES string of the molecule is C[C@H]1[C@@H](c2ccnn2C)OC(=O)N1C. The highest BCUT2D eigenvalue weighted by Gasteiger charge is 2.38. The maximum atomic E-state index is 11.3. The van der Waals surface area contributed by atoms with Gasteiger partial charge in [-0.2, -0.15) is 5.10 Å². The minimum Gasteiger partial charge on any atom is -0.437 e. The average molecular weight is 195 g/mol. The van der Waals surface area contributed by atoms with E-state index in [1.807, 2.05) is 20.0 Å². The molecule has 1 amide bonds. The summed E-state index contributed by atoms with van der Waals surface area (Å²) in [6.45, 7) is 1.96. The summed E-state index contributed by atoms with van der Waals surface area (Å²) < 4.78 is 6.97. The maximum Gasteiger partial charge on any atom is 0.410 e. The number of nitrogens with zero attached hydrogens (tertiary/aromatic N) is 3. The molecule has 1 aliphatic rings. The first-order valence-corrected chi connectivity index (χ1v) is 4.52. The number of ether oxygens (including phenoxy) is 1. The van der Waals surface area contributed by atoms with E-state index in [4.69, 9.17) is 4.74 Å². The minimum absolute atomic E-state index is 0.0536. The lowest BCUT2D eigenvalue weighted by Crippen LogP contribution is -2.27. The average Bonchev–Trinajstić information content (AvgIpc) is 2.66. The van der Waals surface area contributed by atoms with Gasteiger partial charge in [0.1, 0.15) is 0 Å². The number of amides is 1. The molecule has 0 spiro atoms. The van der Waals surface area contributed by atoms with Gasteiger partial charge in [-0.3, -0.25) is 4.68 Å². The summed E-state index contributed by atoms with van der Waals surface area (Å²) in [5, 5.41) is 4.05. The van der Waals surface area contributed by atoms with Crippen molar-refractivity contribution in [1.82, 2.24) is 14.7 Å². The number of carbonyl (C=O) groups excluding carboxylic acids is 1. The number of rotatable bonds is 1. The van der Waals surface area contributed by atoms with Crippen LogP contribution >= 0.6 is 0 Å². The van der Waals surface area contributed by atoms with Crippen molar-refractivity contribution in [2.45, 2.75) is 19.1 Å². The summed E-state index contributed by atoms with van der Waals surface area (Å²) in [6.07, 6.45) is 1.22. The second-order valence-corrected chi connectivity index (χ2v) is 3.54. The van der Waals surface area contributed by atoms with Gasteiger partial charge in [0.2, 0.25) is 0 Å². The van der Waals surface area contributed by atoms with Crippen LogP contribution in [0.1, 0.15) is 18.7 Å². The van der Waals surface area contributed by atoms with E-state index in [9.17, 15) is 4.79 Å². The third kappa shape index (κ3) is 1.16. The van der Waals surface area contributed by atoms with E-state index < -0.39 is 0 Å². The Hall–Kier alpha value is -1.52. The van der Waals surface area contributed by atoms with Gasteiger partial charge < -0.3 is 9.64 Å². The van der Waals surface area contributed by atoms with Gasteiger partial charge in [0, 0.05) is 20.3 Å². The van der Waals surface area contributed by atoms with Crippen molar-refractivity contribution in [1.29, 1.82) is 0 Å². The van der Waals surface area contributed by atoms with Gasteiger partial charge in [0.05, 0.1) is 11.7 Å². The van der Waals surface area contributed by atoms with Crippen molar-refractivity contribution in [3.63, 3.8) is 0 Å². The molecule has 0 unspecified atom stereocenters.